The van der Waals surface area contributed by atoms with Crippen molar-refractivity contribution in [3.8, 4) is 0 Å². The maximum atomic E-state index is 5.86. The van der Waals surface area contributed by atoms with E-state index >= 15 is 0 Å². The number of likely N-dealkylation sites (tertiary alicyclic amines) is 1. The number of rotatable bonds is 2. The molecule has 3 nitrogen and oxygen atoms in total. The Hall–Kier alpha value is -1.22. The van der Waals surface area contributed by atoms with Crippen LogP contribution in [-0.4, -0.2) is 38.1 Å². The average Bonchev–Trinajstić information content (AvgIpc) is 2.59. The first kappa shape index (κ1) is 9.97. The summed E-state index contributed by atoms with van der Waals surface area (Å²) in [5.41, 5.74) is 9.57. The Balaban J connectivity index is 1.73. The van der Waals surface area contributed by atoms with Gasteiger partial charge in [-0.3, -0.25) is 0 Å². The van der Waals surface area contributed by atoms with Crippen LogP contribution in [0.4, 0.5) is 11.4 Å². The lowest BCUT2D eigenvalue weighted by Crippen LogP contribution is -2.49. The Morgan fingerprint density at radius 3 is 2.94 bits per heavy atom. The van der Waals surface area contributed by atoms with Crippen LogP contribution >= 0.6 is 0 Å². The van der Waals surface area contributed by atoms with E-state index in [1.807, 2.05) is 6.07 Å². The van der Waals surface area contributed by atoms with Gasteiger partial charge in [-0.05, 0) is 31.2 Å². The van der Waals surface area contributed by atoms with Gasteiger partial charge in [0, 0.05) is 43.5 Å². The maximum Gasteiger partial charge on any atom is 0.0420 e. The Morgan fingerprint density at radius 2 is 2.19 bits per heavy atom. The molecule has 86 valence electrons. The molecule has 2 N–H and O–H groups in total. The molecule has 0 aromatic heterocycles. The summed E-state index contributed by atoms with van der Waals surface area (Å²) < 4.78 is 0. The second-order valence-corrected chi connectivity index (χ2v) is 5.17. The van der Waals surface area contributed by atoms with Gasteiger partial charge in [-0.15, -0.1) is 0 Å². The predicted molar refractivity (Wildman–Crippen MR) is 67.8 cm³/mol. The molecule has 0 atom stereocenters. The molecule has 3 rings (SSSR count). The van der Waals surface area contributed by atoms with Crippen LogP contribution in [0.5, 0.6) is 0 Å². The van der Waals surface area contributed by atoms with Crippen molar-refractivity contribution in [3.05, 3.63) is 23.8 Å². The van der Waals surface area contributed by atoms with Gasteiger partial charge < -0.3 is 15.5 Å². The molecule has 1 saturated heterocycles. The molecule has 3 heteroatoms. The molecule has 1 aromatic rings. The largest absolute Gasteiger partial charge is 0.399 e. The van der Waals surface area contributed by atoms with E-state index in [1.54, 1.807) is 0 Å². The Labute approximate surface area is 96.8 Å². The van der Waals surface area contributed by atoms with E-state index < -0.39 is 0 Å². The summed E-state index contributed by atoms with van der Waals surface area (Å²) in [4.78, 5) is 4.88. The summed E-state index contributed by atoms with van der Waals surface area (Å²) in [6, 6.07) is 6.32. The predicted octanol–water partition coefficient (Wildman–Crippen LogP) is 1.19. The minimum Gasteiger partial charge on any atom is -0.399 e. The van der Waals surface area contributed by atoms with E-state index in [2.05, 4.69) is 29.0 Å². The van der Waals surface area contributed by atoms with Gasteiger partial charge in [0.25, 0.3) is 0 Å². The highest BCUT2D eigenvalue weighted by molar-refractivity contribution is 5.64. The lowest BCUT2D eigenvalue weighted by molar-refractivity contribution is 0.139. The molecule has 2 aliphatic rings. The molecule has 16 heavy (non-hydrogen) atoms. The number of benzene rings is 1. The quantitative estimate of drug-likeness (QED) is 0.755. The van der Waals surface area contributed by atoms with E-state index in [0.29, 0.717) is 0 Å². The van der Waals surface area contributed by atoms with Crippen LogP contribution in [0, 0.1) is 5.92 Å². The van der Waals surface area contributed by atoms with Crippen molar-refractivity contribution in [1.82, 2.24) is 4.90 Å². The lowest BCUT2D eigenvalue weighted by Gasteiger charge is -2.39. The Bertz CT molecular complexity index is 396. The average molecular weight is 217 g/mol. The van der Waals surface area contributed by atoms with Gasteiger partial charge in [0.05, 0.1) is 0 Å². The zero-order valence-corrected chi connectivity index (χ0v) is 9.82. The van der Waals surface area contributed by atoms with Crippen LogP contribution in [0.2, 0.25) is 0 Å². The normalized spacial score (nSPS) is 20.9. The summed E-state index contributed by atoms with van der Waals surface area (Å²) in [7, 11) is 2.19. The van der Waals surface area contributed by atoms with Crippen LogP contribution in [0.3, 0.4) is 0 Å². The Morgan fingerprint density at radius 1 is 1.38 bits per heavy atom. The first-order valence-electron chi connectivity index (χ1n) is 6.04. The molecular weight excluding hydrogens is 198 g/mol. The molecule has 2 heterocycles. The minimum atomic E-state index is 0.845. The summed E-state index contributed by atoms with van der Waals surface area (Å²) in [5.74, 6) is 0.845. The van der Waals surface area contributed by atoms with Gasteiger partial charge in [0.1, 0.15) is 0 Å². The van der Waals surface area contributed by atoms with Crippen molar-refractivity contribution in [1.29, 1.82) is 0 Å². The smallest absolute Gasteiger partial charge is 0.0420 e. The minimum absolute atomic E-state index is 0.845. The third kappa shape index (κ3) is 1.65. The molecule has 1 fully saturated rings. The van der Waals surface area contributed by atoms with E-state index in [1.165, 1.54) is 43.9 Å². The standard InChI is InChI=1S/C13H19N3/c1-15-7-10(8-15)9-16-5-4-11-2-3-12(14)6-13(11)16/h2-3,6,10H,4-5,7-9,14H2,1H3. The highest BCUT2D eigenvalue weighted by Gasteiger charge is 2.28. The third-order valence-electron chi connectivity index (χ3n) is 3.72. The van der Waals surface area contributed by atoms with Crippen LogP contribution in [0.15, 0.2) is 18.2 Å². The SMILES string of the molecule is CN1CC(CN2CCc3ccc(N)cc32)C1. The number of nitrogen functional groups attached to an aromatic ring is 1. The molecule has 0 unspecified atom stereocenters. The molecule has 2 aliphatic heterocycles. The van der Waals surface area contributed by atoms with Crippen LogP contribution in [0.1, 0.15) is 5.56 Å². The van der Waals surface area contributed by atoms with E-state index in [0.717, 1.165) is 11.6 Å². The zero-order valence-electron chi connectivity index (χ0n) is 9.82. The van der Waals surface area contributed by atoms with Gasteiger partial charge in [-0.2, -0.15) is 0 Å². The van der Waals surface area contributed by atoms with E-state index in [9.17, 15) is 0 Å². The number of nitrogens with zero attached hydrogens (tertiary/aromatic N) is 2. The van der Waals surface area contributed by atoms with E-state index in [-0.39, 0.29) is 0 Å². The number of nitrogens with two attached hydrogens (primary N) is 1. The highest BCUT2D eigenvalue weighted by Crippen LogP contribution is 2.31. The third-order valence-corrected chi connectivity index (χ3v) is 3.72. The van der Waals surface area contributed by atoms with E-state index in [4.69, 9.17) is 5.73 Å². The lowest BCUT2D eigenvalue weighted by atomic mass is 10.0. The van der Waals surface area contributed by atoms with Gasteiger partial charge >= 0.3 is 0 Å². The molecule has 0 saturated carbocycles. The number of hydrogen-bond acceptors (Lipinski definition) is 3. The summed E-state index contributed by atoms with van der Waals surface area (Å²) in [6.07, 6.45) is 1.18. The van der Waals surface area contributed by atoms with Gasteiger partial charge in [-0.25, -0.2) is 0 Å². The number of hydrogen-bond donors (Lipinski definition) is 1. The fourth-order valence-electron chi connectivity index (χ4n) is 2.91. The summed E-state index contributed by atoms with van der Waals surface area (Å²) in [6.45, 7) is 4.85. The van der Waals surface area contributed by atoms with Crippen molar-refractivity contribution < 1.29 is 0 Å². The molecule has 1 aromatic carbocycles. The second kappa shape index (κ2) is 3.67. The number of anilines is 2. The van der Waals surface area contributed by atoms with Crippen molar-refractivity contribution in [2.75, 3.05) is 43.9 Å². The van der Waals surface area contributed by atoms with Crippen LogP contribution < -0.4 is 10.6 Å². The van der Waals surface area contributed by atoms with Gasteiger partial charge in [0.2, 0.25) is 0 Å². The second-order valence-electron chi connectivity index (χ2n) is 5.17. The molecule has 0 spiro atoms. The fraction of sp³-hybridized carbons (Fsp3) is 0.538. The van der Waals surface area contributed by atoms with Gasteiger partial charge in [-0.1, -0.05) is 6.07 Å². The molecular formula is C13H19N3. The molecule has 0 aliphatic carbocycles. The molecule has 0 radical (unpaired) electrons. The van der Waals surface area contributed by atoms with Crippen molar-refractivity contribution >= 4 is 11.4 Å². The summed E-state index contributed by atoms with van der Waals surface area (Å²) >= 11 is 0. The zero-order chi connectivity index (χ0) is 11.1. The van der Waals surface area contributed by atoms with Crippen molar-refractivity contribution in [2.24, 2.45) is 5.92 Å². The van der Waals surface area contributed by atoms with Crippen molar-refractivity contribution in [3.63, 3.8) is 0 Å². The van der Waals surface area contributed by atoms with Crippen LogP contribution in [-0.2, 0) is 6.42 Å². The highest BCUT2D eigenvalue weighted by atomic mass is 15.2. The first-order chi connectivity index (χ1) is 7.72. The van der Waals surface area contributed by atoms with Gasteiger partial charge in [0.15, 0.2) is 0 Å². The van der Waals surface area contributed by atoms with Crippen molar-refractivity contribution in [2.45, 2.75) is 6.42 Å². The monoisotopic (exact) mass is 217 g/mol. The molecule has 0 amide bonds. The number of fused-ring (bicyclic) bond motifs is 1. The topological polar surface area (TPSA) is 32.5 Å². The van der Waals surface area contributed by atoms with Crippen LogP contribution in [0.25, 0.3) is 0 Å². The summed E-state index contributed by atoms with van der Waals surface area (Å²) in [5, 5.41) is 0. The Kier molecular flexibility index (Phi) is 2.28. The maximum absolute atomic E-state index is 5.86. The first-order valence-corrected chi connectivity index (χ1v) is 6.04. The molecule has 0 bridgehead atoms. The fourth-order valence-corrected chi connectivity index (χ4v) is 2.91.